The molecule has 0 unspecified atom stereocenters. The predicted octanol–water partition coefficient (Wildman–Crippen LogP) is 5.69. The summed E-state index contributed by atoms with van der Waals surface area (Å²) in [5.74, 6) is 0.581. The molecule has 1 N–H and O–H groups in total. The van der Waals surface area contributed by atoms with Crippen LogP contribution in [0.1, 0.15) is 28.6 Å². The van der Waals surface area contributed by atoms with Gasteiger partial charge in [-0.15, -0.1) is 10.2 Å². The fraction of sp³-hybridized carbons (Fsp3) is 0.130. The SMILES string of the molecule is Cc1ccc(N[C@H](c2ccc(F)cc2)c2nnc(-c3ccccc3)o2)cc1C. The van der Waals surface area contributed by atoms with E-state index in [1.54, 1.807) is 12.1 Å². The molecule has 28 heavy (non-hydrogen) atoms. The summed E-state index contributed by atoms with van der Waals surface area (Å²) in [7, 11) is 0. The first kappa shape index (κ1) is 17.9. The molecule has 0 saturated carbocycles. The zero-order valence-corrected chi connectivity index (χ0v) is 15.7. The van der Waals surface area contributed by atoms with E-state index in [1.165, 1.54) is 23.3 Å². The smallest absolute Gasteiger partial charge is 0.247 e. The molecule has 4 aromatic rings. The molecule has 0 spiro atoms. The van der Waals surface area contributed by atoms with Gasteiger partial charge in [0.05, 0.1) is 0 Å². The molecule has 4 nitrogen and oxygen atoms in total. The van der Waals surface area contributed by atoms with Crippen LogP contribution in [0.4, 0.5) is 10.1 Å². The van der Waals surface area contributed by atoms with Crippen LogP contribution in [-0.4, -0.2) is 10.2 Å². The zero-order valence-electron chi connectivity index (χ0n) is 15.7. The van der Waals surface area contributed by atoms with Gasteiger partial charge in [0.2, 0.25) is 11.8 Å². The summed E-state index contributed by atoms with van der Waals surface area (Å²) >= 11 is 0. The Kier molecular flexibility index (Phi) is 4.89. The van der Waals surface area contributed by atoms with Crippen LogP contribution in [0.5, 0.6) is 0 Å². The highest BCUT2D eigenvalue weighted by Crippen LogP contribution is 2.29. The van der Waals surface area contributed by atoms with Gasteiger partial charge in [0, 0.05) is 11.3 Å². The van der Waals surface area contributed by atoms with E-state index in [9.17, 15) is 4.39 Å². The number of anilines is 1. The lowest BCUT2D eigenvalue weighted by molar-refractivity contribution is 0.494. The maximum absolute atomic E-state index is 13.4. The minimum absolute atomic E-state index is 0.288. The van der Waals surface area contributed by atoms with E-state index in [0.717, 1.165) is 16.8 Å². The Morgan fingerprint density at radius 3 is 2.32 bits per heavy atom. The van der Waals surface area contributed by atoms with Gasteiger partial charge in [-0.25, -0.2) is 4.39 Å². The van der Waals surface area contributed by atoms with Crippen LogP contribution in [0.15, 0.2) is 77.2 Å². The topological polar surface area (TPSA) is 51.0 Å². The molecule has 0 fully saturated rings. The van der Waals surface area contributed by atoms with Crippen molar-refractivity contribution in [1.29, 1.82) is 0 Å². The molecule has 1 heterocycles. The average molecular weight is 373 g/mol. The highest BCUT2D eigenvalue weighted by Gasteiger charge is 2.22. The van der Waals surface area contributed by atoms with Gasteiger partial charge in [-0.2, -0.15) is 0 Å². The fourth-order valence-corrected chi connectivity index (χ4v) is 2.99. The van der Waals surface area contributed by atoms with Crippen LogP contribution in [0, 0.1) is 19.7 Å². The Morgan fingerprint density at radius 1 is 0.857 bits per heavy atom. The number of benzene rings is 3. The molecule has 0 radical (unpaired) electrons. The zero-order chi connectivity index (χ0) is 19.5. The van der Waals surface area contributed by atoms with Crippen molar-refractivity contribution in [2.75, 3.05) is 5.32 Å². The summed E-state index contributed by atoms with van der Waals surface area (Å²) < 4.78 is 19.4. The van der Waals surface area contributed by atoms with E-state index >= 15 is 0 Å². The summed E-state index contributed by atoms with van der Waals surface area (Å²) in [4.78, 5) is 0. The number of rotatable bonds is 5. The standard InChI is InChI=1S/C23H20FN3O/c1-15-8-13-20(14-16(15)2)25-21(17-9-11-19(24)12-10-17)23-27-26-22(28-23)18-6-4-3-5-7-18/h3-14,21,25H,1-2H3/t21-/m1/s1. The third kappa shape index (κ3) is 3.78. The number of hydrogen-bond acceptors (Lipinski definition) is 4. The number of nitrogens with one attached hydrogen (secondary N) is 1. The van der Waals surface area contributed by atoms with Crippen LogP contribution in [0.25, 0.3) is 11.5 Å². The number of nitrogens with zero attached hydrogens (tertiary/aromatic N) is 2. The quantitative estimate of drug-likeness (QED) is 0.488. The first-order valence-corrected chi connectivity index (χ1v) is 9.08. The van der Waals surface area contributed by atoms with Crippen molar-refractivity contribution in [1.82, 2.24) is 10.2 Å². The van der Waals surface area contributed by atoms with Gasteiger partial charge >= 0.3 is 0 Å². The molecular weight excluding hydrogens is 353 g/mol. The second-order valence-electron chi connectivity index (χ2n) is 6.74. The molecule has 5 heteroatoms. The maximum Gasteiger partial charge on any atom is 0.247 e. The van der Waals surface area contributed by atoms with Crippen molar-refractivity contribution in [2.24, 2.45) is 0 Å². The van der Waals surface area contributed by atoms with Crippen molar-refractivity contribution < 1.29 is 8.81 Å². The summed E-state index contributed by atoms with van der Waals surface area (Å²) in [6.45, 7) is 4.13. The number of aromatic nitrogens is 2. The van der Waals surface area contributed by atoms with Crippen LogP contribution in [-0.2, 0) is 0 Å². The largest absolute Gasteiger partial charge is 0.418 e. The maximum atomic E-state index is 13.4. The Morgan fingerprint density at radius 2 is 1.61 bits per heavy atom. The molecule has 3 aromatic carbocycles. The Labute approximate surface area is 163 Å². The number of aryl methyl sites for hydroxylation is 2. The molecule has 0 saturated heterocycles. The normalized spacial score (nSPS) is 12.0. The highest BCUT2D eigenvalue weighted by molar-refractivity contribution is 5.53. The molecule has 0 aliphatic heterocycles. The summed E-state index contributed by atoms with van der Waals surface area (Å²) in [6, 6.07) is 21.7. The molecule has 4 rings (SSSR count). The molecule has 0 aliphatic rings. The summed E-state index contributed by atoms with van der Waals surface area (Å²) in [5, 5.41) is 11.9. The summed E-state index contributed by atoms with van der Waals surface area (Å²) in [5.41, 5.74) is 5.01. The lowest BCUT2D eigenvalue weighted by Crippen LogP contribution is -2.13. The Balaban J connectivity index is 1.71. The molecule has 0 bridgehead atoms. The van der Waals surface area contributed by atoms with Crippen LogP contribution in [0.2, 0.25) is 0 Å². The van der Waals surface area contributed by atoms with Gasteiger partial charge in [-0.1, -0.05) is 36.4 Å². The van der Waals surface area contributed by atoms with Crippen molar-refractivity contribution in [3.05, 3.63) is 101 Å². The van der Waals surface area contributed by atoms with Gasteiger partial charge in [0.1, 0.15) is 11.9 Å². The van der Waals surface area contributed by atoms with Crippen molar-refractivity contribution in [3.63, 3.8) is 0 Å². The van der Waals surface area contributed by atoms with Crippen LogP contribution < -0.4 is 5.32 Å². The second-order valence-corrected chi connectivity index (χ2v) is 6.74. The lowest BCUT2D eigenvalue weighted by Gasteiger charge is -2.18. The van der Waals surface area contributed by atoms with Crippen molar-refractivity contribution in [2.45, 2.75) is 19.9 Å². The molecule has 0 amide bonds. The minimum Gasteiger partial charge on any atom is -0.418 e. The number of hydrogen-bond donors (Lipinski definition) is 1. The van der Waals surface area contributed by atoms with E-state index in [1.807, 2.05) is 36.4 Å². The lowest BCUT2D eigenvalue weighted by atomic mass is 10.0. The van der Waals surface area contributed by atoms with Crippen LogP contribution in [0.3, 0.4) is 0 Å². The minimum atomic E-state index is -0.396. The molecule has 0 aliphatic carbocycles. The monoisotopic (exact) mass is 373 g/mol. The molecule has 1 aromatic heterocycles. The van der Waals surface area contributed by atoms with E-state index < -0.39 is 6.04 Å². The van der Waals surface area contributed by atoms with Crippen molar-refractivity contribution >= 4 is 5.69 Å². The molecule has 1 atom stereocenters. The van der Waals surface area contributed by atoms with Crippen LogP contribution >= 0.6 is 0 Å². The predicted molar refractivity (Wildman–Crippen MR) is 108 cm³/mol. The van der Waals surface area contributed by atoms with E-state index in [0.29, 0.717) is 11.8 Å². The van der Waals surface area contributed by atoms with E-state index in [4.69, 9.17) is 4.42 Å². The fourth-order valence-electron chi connectivity index (χ4n) is 2.99. The third-order valence-electron chi connectivity index (χ3n) is 4.73. The highest BCUT2D eigenvalue weighted by atomic mass is 19.1. The van der Waals surface area contributed by atoms with Gasteiger partial charge in [0.25, 0.3) is 0 Å². The third-order valence-corrected chi connectivity index (χ3v) is 4.73. The second kappa shape index (κ2) is 7.64. The van der Waals surface area contributed by atoms with Gasteiger partial charge < -0.3 is 9.73 Å². The van der Waals surface area contributed by atoms with E-state index in [2.05, 4.69) is 41.5 Å². The van der Waals surface area contributed by atoms with E-state index in [-0.39, 0.29) is 5.82 Å². The van der Waals surface area contributed by atoms with Crippen molar-refractivity contribution in [3.8, 4) is 11.5 Å². The average Bonchev–Trinajstić information content (AvgIpc) is 3.20. The van der Waals surface area contributed by atoms with Gasteiger partial charge in [-0.05, 0) is 66.9 Å². The Bertz CT molecular complexity index is 1070. The first-order valence-electron chi connectivity index (χ1n) is 9.08. The first-order chi connectivity index (χ1) is 13.6. The van der Waals surface area contributed by atoms with Gasteiger partial charge in [-0.3, -0.25) is 0 Å². The molecule has 140 valence electrons. The summed E-state index contributed by atoms with van der Waals surface area (Å²) in [6.07, 6.45) is 0. The Hall–Kier alpha value is -3.47. The van der Waals surface area contributed by atoms with Gasteiger partial charge in [0.15, 0.2) is 0 Å². The number of halogens is 1. The molecular formula is C23H20FN3O.